The molecule has 1 amide bonds. The molecule has 4 N–H and O–H groups in total. The van der Waals surface area contributed by atoms with Crippen molar-refractivity contribution in [2.24, 2.45) is 5.92 Å². The van der Waals surface area contributed by atoms with Gasteiger partial charge in [-0.15, -0.1) is 5.10 Å². The summed E-state index contributed by atoms with van der Waals surface area (Å²) in [6, 6.07) is 0. The molecule has 17 heavy (non-hydrogen) atoms. The number of H-pyrrole nitrogens is 1. The Morgan fingerprint density at radius 2 is 2.29 bits per heavy atom. The molecule has 0 atom stereocenters. The van der Waals surface area contributed by atoms with Crippen LogP contribution in [0.4, 0.5) is 5.95 Å². The first-order valence-corrected chi connectivity index (χ1v) is 5.63. The lowest BCUT2D eigenvalue weighted by Gasteiger charge is -2.06. The number of rotatable bonds is 7. The fraction of sp³-hybridized carbons (Fsp3) is 0.700. The summed E-state index contributed by atoms with van der Waals surface area (Å²) < 4.78 is 5.35. The second-order valence-electron chi connectivity index (χ2n) is 4.09. The van der Waals surface area contributed by atoms with Crippen molar-refractivity contribution in [1.29, 1.82) is 0 Å². The van der Waals surface area contributed by atoms with Gasteiger partial charge in [-0.1, -0.05) is 13.8 Å². The van der Waals surface area contributed by atoms with Crippen molar-refractivity contribution >= 4 is 11.9 Å². The van der Waals surface area contributed by atoms with Crippen LogP contribution in [0.1, 0.15) is 30.9 Å². The van der Waals surface area contributed by atoms with Crippen LogP contribution in [0.3, 0.4) is 0 Å². The summed E-state index contributed by atoms with van der Waals surface area (Å²) in [6.07, 6.45) is 1.02. The predicted octanol–water partition coefficient (Wildman–Crippen LogP) is 0.179. The Labute approximate surface area is 100 Å². The Morgan fingerprint density at radius 1 is 1.53 bits per heavy atom. The number of ether oxygens (including phenoxy) is 1. The number of hydrogen-bond donors (Lipinski definition) is 3. The van der Waals surface area contributed by atoms with Crippen molar-refractivity contribution in [2.75, 3.05) is 25.5 Å². The molecule has 0 fully saturated rings. The first kappa shape index (κ1) is 13.4. The van der Waals surface area contributed by atoms with Gasteiger partial charge in [0.1, 0.15) is 0 Å². The number of nitrogens with one attached hydrogen (secondary N) is 2. The van der Waals surface area contributed by atoms with E-state index < -0.39 is 0 Å². The smallest absolute Gasteiger partial charge is 0.288 e. The molecule has 0 saturated carbocycles. The van der Waals surface area contributed by atoms with Crippen molar-refractivity contribution < 1.29 is 9.53 Å². The summed E-state index contributed by atoms with van der Waals surface area (Å²) >= 11 is 0. The van der Waals surface area contributed by atoms with E-state index in [9.17, 15) is 4.79 Å². The molecule has 1 rings (SSSR count). The van der Waals surface area contributed by atoms with Gasteiger partial charge in [-0.2, -0.15) is 4.98 Å². The van der Waals surface area contributed by atoms with Gasteiger partial charge in [0.15, 0.2) is 0 Å². The van der Waals surface area contributed by atoms with Gasteiger partial charge in [-0.05, 0) is 12.3 Å². The fourth-order valence-electron chi connectivity index (χ4n) is 1.12. The van der Waals surface area contributed by atoms with Gasteiger partial charge in [-0.25, -0.2) is 0 Å². The number of carbonyl (C=O) groups excluding carboxylic acids is 1. The molecule has 0 aliphatic rings. The number of nitrogens with two attached hydrogens (primary N) is 1. The Balaban J connectivity index is 2.09. The third kappa shape index (κ3) is 5.30. The zero-order chi connectivity index (χ0) is 12.7. The van der Waals surface area contributed by atoms with Crippen molar-refractivity contribution in [3.8, 4) is 0 Å². The first-order valence-electron chi connectivity index (χ1n) is 5.63. The molecule has 0 aromatic carbocycles. The highest BCUT2D eigenvalue weighted by Crippen LogP contribution is 1.98. The van der Waals surface area contributed by atoms with Crippen LogP contribution in [0.5, 0.6) is 0 Å². The molecule has 7 heteroatoms. The zero-order valence-electron chi connectivity index (χ0n) is 10.2. The monoisotopic (exact) mass is 241 g/mol. The Morgan fingerprint density at radius 3 is 2.88 bits per heavy atom. The minimum Gasteiger partial charge on any atom is -0.380 e. The van der Waals surface area contributed by atoms with E-state index in [2.05, 4.69) is 34.3 Å². The van der Waals surface area contributed by atoms with E-state index in [1.807, 2.05) is 0 Å². The molecule has 1 heterocycles. The molecule has 0 bridgehead atoms. The molecule has 0 radical (unpaired) electrons. The quantitative estimate of drug-likeness (QED) is 0.590. The average Bonchev–Trinajstić information content (AvgIpc) is 2.69. The number of carbonyl (C=O) groups is 1. The maximum Gasteiger partial charge on any atom is 0.288 e. The first-order chi connectivity index (χ1) is 8.09. The van der Waals surface area contributed by atoms with Crippen LogP contribution in [0.2, 0.25) is 0 Å². The van der Waals surface area contributed by atoms with E-state index in [0.29, 0.717) is 25.7 Å². The van der Waals surface area contributed by atoms with Crippen LogP contribution in [0, 0.1) is 5.92 Å². The molecule has 96 valence electrons. The molecular weight excluding hydrogens is 222 g/mol. The number of amides is 1. The summed E-state index contributed by atoms with van der Waals surface area (Å²) in [5.41, 5.74) is 5.28. The van der Waals surface area contributed by atoms with Gasteiger partial charge in [0, 0.05) is 13.2 Å². The highest BCUT2D eigenvalue weighted by atomic mass is 16.5. The largest absolute Gasteiger partial charge is 0.380 e. The van der Waals surface area contributed by atoms with E-state index in [1.165, 1.54) is 0 Å². The molecule has 0 saturated heterocycles. The van der Waals surface area contributed by atoms with Crippen LogP contribution in [-0.4, -0.2) is 40.8 Å². The molecule has 0 spiro atoms. The van der Waals surface area contributed by atoms with E-state index in [4.69, 9.17) is 10.5 Å². The number of hydrogen-bond acceptors (Lipinski definition) is 5. The van der Waals surface area contributed by atoms with Crippen LogP contribution >= 0.6 is 0 Å². The predicted molar refractivity (Wildman–Crippen MR) is 63.4 cm³/mol. The van der Waals surface area contributed by atoms with E-state index in [-0.39, 0.29) is 17.7 Å². The van der Waals surface area contributed by atoms with Crippen molar-refractivity contribution in [2.45, 2.75) is 20.3 Å². The molecule has 0 aliphatic heterocycles. The molecule has 1 aromatic rings. The SMILES string of the molecule is CC(C)CCOCCNC(=O)c1nc(N)n[nH]1. The number of nitrogens with zero attached hydrogens (tertiary/aromatic N) is 2. The molecule has 0 aliphatic carbocycles. The molecular formula is C10H19N5O2. The van der Waals surface area contributed by atoms with E-state index in [1.54, 1.807) is 0 Å². The van der Waals surface area contributed by atoms with Crippen molar-refractivity contribution in [3.63, 3.8) is 0 Å². The highest BCUT2D eigenvalue weighted by Gasteiger charge is 2.09. The third-order valence-corrected chi connectivity index (χ3v) is 2.09. The maximum absolute atomic E-state index is 11.4. The Hall–Kier alpha value is -1.63. The van der Waals surface area contributed by atoms with Gasteiger partial charge in [0.25, 0.3) is 5.91 Å². The number of aromatic nitrogens is 3. The maximum atomic E-state index is 11.4. The minimum absolute atomic E-state index is 0.0586. The lowest BCUT2D eigenvalue weighted by Crippen LogP contribution is -2.28. The van der Waals surface area contributed by atoms with Gasteiger partial charge in [-0.3, -0.25) is 9.89 Å². The van der Waals surface area contributed by atoms with E-state index >= 15 is 0 Å². The Bertz CT molecular complexity index is 350. The van der Waals surface area contributed by atoms with Crippen LogP contribution in [0.15, 0.2) is 0 Å². The summed E-state index contributed by atoms with van der Waals surface area (Å²) in [7, 11) is 0. The zero-order valence-corrected chi connectivity index (χ0v) is 10.2. The lowest BCUT2D eigenvalue weighted by atomic mass is 10.1. The highest BCUT2D eigenvalue weighted by molar-refractivity contribution is 5.90. The summed E-state index contributed by atoms with van der Waals surface area (Å²) in [4.78, 5) is 15.2. The van der Waals surface area contributed by atoms with Crippen LogP contribution in [-0.2, 0) is 4.74 Å². The van der Waals surface area contributed by atoms with Crippen molar-refractivity contribution in [1.82, 2.24) is 20.5 Å². The molecule has 0 unspecified atom stereocenters. The van der Waals surface area contributed by atoms with Gasteiger partial charge >= 0.3 is 0 Å². The standard InChI is InChI=1S/C10H19N5O2/c1-7(2)3-5-17-6-4-12-9(16)8-13-10(11)15-14-8/h7H,3-6H2,1-2H3,(H,12,16)(H3,11,13,14,15). The van der Waals surface area contributed by atoms with E-state index in [0.717, 1.165) is 6.42 Å². The van der Waals surface area contributed by atoms with Crippen LogP contribution < -0.4 is 11.1 Å². The Kier molecular flexibility index (Phi) is 5.41. The van der Waals surface area contributed by atoms with Gasteiger partial charge in [0.2, 0.25) is 11.8 Å². The third-order valence-electron chi connectivity index (χ3n) is 2.09. The fourth-order valence-corrected chi connectivity index (χ4v) is 1.12. The van der Waals surface area contributed by atoms with Crippen molar-refractivity contribution in [3.05, 3.63) is 5.82 Å². The number of aromatic amines is 1. The number of nitrogen functional groups attached to an aromatic ring is 1. The summed E-state index contributed by atoms with van der Waals surface area (Å²) in [5, 5.41) is 8.64. The average molecular weight is 241 g/mol. The second-order valence-corrected chi connectivity index (χ2v) is 4.09. The van der Waals surface area contributed by atoms with Crippen LogP contribution in [0.25, 0.3) is 0 Å². The summed E-state index contributed by atoms with van der Waals surface area (Å²) in [5.74, 6) is 0.469. The molecule has 1 aromatic heterocycles. The molecule has 7 nitrogen and oxygen atoms in total. The van der Waals surface area contributed by atoms with Gasteiger partial charge < -0.3 is 15.8 Å². The minimum atomic E-state index is -0.332. The topological polar surface area (TPSA) is 106 Å². The summed E-state index contributed by atoms with van der Waals surface area (Å²) in [6.45, 7) is 5.92. The van der Waals surface area contributed by atoms with Gasteiger partial charge in [0.05, 0.1) is 6.61 Å². The normalized spacial score (nSPS) is 10.8. The number of anilines is 1. The lowest BCUT2D eigenvalue weighted by molar-refractivity contribution is 0.0896. The second kappa shape index (κ2) is 6.85.